The number of rotatable bonds is 3. The number of nitrogens with two attached hydrogens (primary N) is 1. The number of benzene rings is 1. The Hall–Kier alpha value is -1.75. The molecule has 1 saturated heterocycles. The molecule has 0 aromatic heterocycles. The molecule has 0 unspecified atom stereocenters. The van der Waals surface area contributed by atoms with Gasteiger partial charge in [0.2, 0.25) is 5.91 Å². The monoisotopic (exact) mass is 236 g/mol. The summed E-state index contributed by atoms with van der Waals surface area (Å²) < 4.78 is 10.3. The summed E-state index contributed by atoms with van der Waals surface area (Å²) in [6, 6.07) is 5.43. The average Bonchev–Trinajstić information content (AvgIpc) is 2.32. The number of hydrogen-bond donors (Lipinski definition) is 1. The van der Waals surface area contributed by atoms with Crippen LogP contribution in [0.1, 0.15) is 5.56 Å². The second-order valence-electron chi connectivity index (χ2n) is 3.94. The van der Waals surface area contributed by atoms with Gasteiger partial charge >= 0.3 is 0 Å². The third-order valence-corrected chi connectivity index (χ3v) is 2.75. The van der Waals surface area contributed by atoms with Gasteiger partial charge < -0.3 is 20.1 Å². The van der Waals surface area contributed by atoms with E-state index in [1.165, 1.54) is 0 Å². The molecule has 17 heavy (non-hydrogen) atoms. The predicted octanol–water partition coefficient (Wildman–Crippen LogP) is 0.636. The summed E-state index contributed by atoms with van der Waals surface area (Å²) >= 11 is 0. The van der Waals surface area contributed by atoms with Crippen molar-refractivity contribution < 1.29 is 14.3 Å². The number of hydrogen-bond acceptors (Lipinski definition) is 4. The lowest BCUT2D eigenvalue weighted by Gasteiger charge is -2.27. The third kappa shape index (κ3) is 2.68. The molecule has 2 N–H and O–H groups in total. The maximum absolute atomic E-state index is 11.6. The molecule has 0 bridgehead atoms. The van der Waals surface area contributed by atoms with Gasteiger partial charge in [0.05, 0.1) is 13.7 Å². The number of nitrogens with zero attached hydrogens (tertiary/aromatic N) is 1. The van der Waals surface area contributed by atoms with Crippen molar-refractivity contribution in [2.24, 2.45) is 0 Å². The zero-order valence-corrected chi connectivity index (χ0v) is 9.81. The molecule has 0 aliphatic carbocycles. The minimum Gasteiger partial charge on any atom is -0.496 e. The lowest BCUT2D eigenvalue weighted by Crippen LogP contribution is -2.41. The standard InChI is InChI=1S/C12H16N2O3/c1-16-11-3-2-10(13)6-9(11)7-14-4-5-17-8-12(14)15/h2-3,6H,4-5,7-8,13H2,1H3. The first-order valence-corrected chi connectivity index (χ1v) is 5.48. The molecular formula is C12H16N2O3. The highest BCUT2D eigenvalue weighted by atomic mass is 16.5. The maximum Gasteiger partial charge on any atom is 0.248 e. The van der Waals surface area contributed by atoms with E-state index in [0.717, 1.165) is 11.3 Å². The van der Waals surface area contributed by atoms with E-state index in [-0.39, 0.29) is 12.5 Å². The molecule has 1 aromatic carbocycles. The van der Waals surface area contributed by atoms with E-state index in [1.54, 1.807) is 18.1 Å². The second kappa shape index (κ2) is 5.05. The van der Waals surface area contributed by atoms with Crippen LogP contribution < -0.4 is 10.5 Å². The zero-order chi connectivity index (χ0) is 12.3. The van der Waals surface area contributed by atoms with Gasteiger partial charge in [-0.1, -0.05) is 0 Å². The number of methoxy groups -OCH3 is 1. The molecule has 5 heteroatoms. The van der Waals surface area contributed by atoms with Crippen molar-refractivity contribution in [2.75, 3.05) is 32.6 Å². The third-order valence-electron chi connectivity index (χ3n) is 2.75. The lowest BCUT2D eigenvalue weighted by atomic mass is 10.1. The van der Waals surface area contributed by atoms with Crippen molar-refractivity contribution in [2.45, 2.75) is 6.54 Å². The Balaban J connectivity index is 2.16. The minimum absolute atomic E-state index is 0.000674. The first-order chi connectivity index (χ1) is 8.20. The highest BCUT2D eigenvalue weighted by Gasteiger charge is 2.19. The molecule has 1 aliphatic rings. The van der Waals surface area contributed by atoms with Crippen LogP contribution in [0.25, 0.3) is 0 Å². The van der Waals surface area contributed by atoms with Crippen LogP contribution in [0.2, 0.25) is 0 Å². The molecule has 0 saturated carbocycles. The summed E-state index contributed by atoms with van der Waals surface area (Å²) in [7, 11) is 1.61. The summed E-state index contributed by atoms with van der Waals surface area (Å²) in [4.78, 5) is 13.4. The van der Waals surface area contributed by atoms with E-state index in [0.29, 0.717) is 25.4 Å². The van der Waals surface area contributed by atoms with Crippen molar-refractivity contribution >= 4 is 11.6 Å². The molecule has 1 heterocycles. The van der Waals surface area contributed by atoms with Crippen molar-refractivity contribution in [1.29, 1.82) is 0 Å². The van der Waals surface area contributed by atoms with E-state index < -0.39 is 0 Å². The van der Waals surface area contributed by atoms with Crippen LogP contribution in [0, 0.1) is 0 Å². The van der Waals surface area contributed by atoms with Crippen LogP contribution in [0.3, 0.4) is 0 Å². The summed E-state index contributed by atoms with van der Waals surface area (Å²) in [6.07, 6.45) is 0. The summed E-state index contributed by atoms with van der Waals surface area (Å²) in [5.74, 6) is 0.749. The molecule has 5 nitrogen and oxygen atoms in total. The van der Waals surface area contributed by atoms with Gasteiger partial charge in [0.15, 0.2) is 0 Å². The quantitative estimate of drug-likeness (QED) is 0.782. The fourth-order valence-electron chi connectivity index (χ4n) is 1.85. The van der Waals surface area contributed by atoms with Crippen molar-refractivity contribution in [1.82, 2.24) is 4.90 Å². The van der Waals surface area contributed by atoms with Crippen LogP contribution in [0.5, 0.6) is 5.75 Å². The van der Waals surface area contributed by atoms with Gasteiger partial charge in [-0.3, -0.25) is 4.79 Å². The number of morpholine rings is 1. The highest BCUT2D eigenvalue weighted by Crippen LogP contribution is 2.23. The molecule has 2 rings (SSSR count). The van der Waals surface area contributed by atoms with Crippen molar-refractivity contribution in [3.05, 3.63) is 23.8 Å². The van der Waals surface area contributed by atoms with Gasteiger partial charge in [0.1, 0.15) is 12.4 Å². The van der Waals surface area contributed by atoms with Gasteiger partial charge in [-0.25, -0.2) is 0 Å². The van der Waals surface area contributed by atoms with Crippen LogP contribution in [0.15, 0.2) is 18.2 Å². The summed E-state index contributed by atoms with van der Waals surface area (Å²) in [6.45, 7) is 1.86. The van der Waals surface area contributed by atoms with Gasteiger partial charge in [-0.05, 0) is 18.2 Å². The Kier molecular flexibility index (Phi) is 3.49. The Morgan fingerprint density at radius 2 is 2.35 bits per heavy atom. The van der Waals surface area contributed by atoms with Crippen molar-refractivity contribution in [3.63, 3.8) is 0 Å². The molecule has 0 atom stereocenters. The number of amides is 1. The predicted molar refractivity (Wildman–Crippen MR) is 63.6 cm³/mol. The summed E-state index contributed by atoms with van der Waals surface area (Å²) in [5, 5.41) is 0. The molecule has 1 aliphatic heterocycles. The van der Waals surface area contributed by atoms with Gasteiger partial charge in [0.25, 0.3) is 0 Å². The highest BCUT2D eigenvalue weighted by molar-refractivity contribution is 5.78. The van der Waals surface area contributed by atoms with Crippen molar-refractivity contribution in [3.8, 4) is 5.75 Å². The molecule has 0 radical (unpaired) electrons. The maximum atomic E-state index is 11.6. The average molecular weight is 236 g/mol. The molecule has 1 aromatic rings. The van der Waals surface area contributed by atoms with Crippen LogP contribution >= 0.6 is 0 Å². The first-order valence-electron chi connectivity index (χ1n) is 5.48. The van der Waals surface area contributed by atoms with Gasteiger partial charge in [0, 0.05) is 24.3 Å². The van der Waals surface area contributed by atoms with E-state index in [4.69, 9.17) is 15.2 Å². The number of carbonyl (C=O) groups is 1. The van der Waals surface area contributed by atoms with Gasteiger partial charge in [-0.15, -0.1) is 0 Å². The fraction of sp³-hybridized carbons (Fsp3) is 0.417. The number of anilines is 1. The molecule has 1 amide bonds. The number of carbonyl (C=O) groups excluding carboxylic acids is 1. The fourth-order valence-corrected chi connectivity index (χ4v) is 1.85. The van der Waals surface area contributed by atoms with Crippen LogP contribution in [0.4, 0.5) is 5.69 Å². The Morgan fingerprint density at radius 3 is 3.06 bits per heavy atom. The molecule has 1 fully saturated rings. The zero-order valence-electron chi connectivity index (χ0n) is 9.81. The van der Waals surface area contributed by atoms with Crippen LogP contribution in [-0.2, 0) is 16.1 Å². The Labute approximate surface area is 100 Å². The lowest BCUT2D eigenvalue weighted by molar-refractivity contribution is -0.143. The van der Waals surface area contributed by atoms with E-state index in [9.17, 15) is 4.79 Å². The first kappa shape index (κ1) is 11.7. The smallest absolute Gasteiger partial charge is 0.248 e. The molecular weight excluding hydrogens is 220 g/mol. The Morgan fingerprint density at radius 1 is 1.53 bits per heavy atom. The molecule has 92 valence electrons. The topological polar surface area (TPSA) is 64.8 Å². The van der Waals surface area contributed by atoms with E-state index in [2.05, 4.69) is 0 Å². The molecule has 0 spiro atoms. The Bertz CT molecular complexity index is 420. The van der Waals surface area contributed by atoms with Gasteiger partial charge in [-0.2, -0.15) is 0 Å². The summed E-state index contributed by atoms with van der Waals surface area (Å²) in [5.41, 5.74) is 7.33. The van der Waals surface area contributed by atoms with Crippen LogP contribution in [-0.4, -0.2) is 37.7 Å². The normalized spacial score (nSPS) is 16.1. The largest absolute Gasteiger partial charge is 0.496 e. The second-order valence-corrected chi connectivity index (χ2v) is 3.94. The SMILES string of the molecule is COc1ccc(N)cc1CN1CCOCC1=O. The number of ether oxygens (including phenoxy) is 2. The number of nitrogen functional groups attached to an aromatic ring is 1. The van der Waals surface area contributed by atoms with E-state index in [1.807, 2.05) is 12.1 Å². The van der Waals surface area contributed by atoms with E-state index >= 15 is 0 Å². The minimum atomic E-state index is 0.000674.